The average Bonchev–Trinajstić information content (AvgIpc) is 2.74. The molecule has 112 valence electrons. The number of aromatic nitrogens is 2. The Labute approximate surface area is 124 Å². The van der Waals surface area contributed by atoms with Crippen molar-refractivity contribution in [3.05, 3.63) is 30.6 Å². The van der Waals surface area contributed by atoms with Crippen LogP contribution in [0.3, 0.4) is 0 Å². The number of nitrogens with zero attached hydrogens (tertiary/aromatic N) is 3. The lowest BCUT2D eigenvalue weighted by Crippen LogP contribution is -2.55. The highest BCUT2D eigenvalue weighted by Crippen LogP contribution is 2.40. The van der Waals surface area contributed by atoms with Gasteiger partial charge in [-0.2, -0.15) is 0 Å². The molecule has 0 unspecified atom stereocenters. The Morgan fingerprint density at radius 1 is 1.38 bits per heavy atom. The van der Waals surface area contributed by atoms with Crippen molar-refractivity contribution >= 4 is 17.1 Å². The molecule has 1 aliphatic carbocycles. The van der Waals surface area contributed by atoms with E-state index in [1.807, 2.05) is 32.9 Å². The fourth-order valence-electron chi connectivity index (χ4n) is 3.27. The van der Waals surface area contributed by atoms with Crippen LogP contribution in [0.15, 0.2) is 30.6 Å². The first-order valence-electron chi connectivity index (χ1n) is 7.32. The summed E-state index contributed by atoms with van der Waals surface area (Å²) in [6, 6.07) is 6.48. The van der Waals surface area contributed by atoms with Crippen molar-refractivity contribution in [3.63, 3.8) is 0 Å². The Kier molecular flexibility index (Phi) is 3.15. The van der Waals surface area contributed by atoms with Gasteiger partial charge in [0.1, 0.15) is 5.65 Å². The minimum absolute atomic E-state index is 0.0914. The predicted molar refractivity (Wildman–Crippen MR) is 81.4 cm³/mol. The van der Waals surface area contributed by atoms with E-state index in [-0.39, 0.29) is 11.6 Å². The van der Waals surface area contributed by atoms with Crippen LogP contribution in [-0.2, 0) is 0 Å². The molecule has 1 fully saturated rings. The van der Waals surface area contributed by atoms with Crippen LogP contribution >= 0.6 is 0 Å². The molecule has 0 spiro atoms. The topological polar surface area (TPSA) is 58.4 Å². The zero-order valence-corrected chi connectivity index (χ0v) is 12.7. The van der Waals surface area contributed by atoms with Gasteiger partial charge in [0.05, 0.1) is 0 Å². The van der Waals surface area contributed by atoms with Crippen LogP contribution in [0, 0.1) is 0 Å². The molecule has 2 heterocycles. The zero-order valence-electron chi connectivity index (χ0n) is 12.7. The highest BCUT2D eigenvalue weighted by Gasteiger charge is 2.42. The van der Waals surface area contributed by atoms with E-state index in [9.17, 15) is 9.90 Å². The van der Waals surface area contributed by atoms with E-state index in [4.69, 9.17) is 0 Å². The maximum atomic E-state index is 11.5. The number of carboxylic acid groups (broad SMARTS) is 1. The van der Waals surface area contributed by atoms with E-state index in [0.29, 0.717) is 6.04 Å². The molecule has 5 heteroatoms. The van der Waals surface area contributed by atoms with Gasteiger partial charge >= 0.3 is 6.09 Å². The van der Waals surface area contributed by atoms with Gasteiger partial charge in [0.2, 0.25) is 0 Å². The van der Waals surface area contributed by atoms with Gasteiger partial charge in [0.15, 0.2) is 0 Å². The van der Waals surface area contributed by atoms with Gasteiger partial charge in [-0.25, -0.2) is 9.78 Å². The Bertz CT molecular complexity index is 665. The second kappa shape index (κ2) is 4.76. The van der Waals surface area contributed by atoms with Crippen molar-refractivity contribution in [3.8, 4) is 0 Å². The van der Waals surface area contributed by atoms with Gasteiger partial charge in [0.25, 0.3) is 0 Å². The molecule has 21 heavy (non-hydrogen) atoms. The molecule has 0 bridgehead atoms. The quantitative estimate of drug-likeness (QED) is 0.919. The Morgan fingerprint density at radius 3 is 2.71 bits per heavy atom. The number of hydrogen-bond donors (Lipinski definition) is 1. The summed E-state index contributed by atoms with van der Waals surface area (Å²) in [6.45, 7) is 5.84. The van der Waals surface area contributed by atoms with Crippen LogP contribution in [0.25, 0.3) is 11.0 Å². The van der Waals surface area contributed by atoms with Crippen LogP contribution in [-0.4, -0.2) is 37.2 Å². The second-order valence-corrected chi connectivity index (χ2v) is 6.74. The van der Waals surface area contributed by atoms with Crippen LogP contribution in [0.5, 0.6) is 0 Å². The van der Waals surface area contributed by atoms with Crippen molar-refractivity contribution in [1.82, 2.24) is 14.5 Å². The summed E-state index contributed by atoms with van der Waals surface area (Å²) in [5, 5.41) is 10.6. The number of amides is 1. The first-order chi connectivity index (χ1) is 9.88. The fourth-order valence-corrected chi connectivity index (χ4v) is 3.27. The number of fused-ring (bicyclic) bond motifs is 1. The normalized spacial score (nSPS) is 22.0. The Balaban J connectivity index is 1.77. The number of rotatable bonds is 2. The van der Waals surface area contributed by atoms with Crippen LogP contribution in [0.4, 0.5) is 4.79 Å². The van der Waals surface area contributed by atoms with E-state index in [1.54, 1.807) is 11.1 Å². The molecular formula is C16H21N3O2. The number of carbonyl (C=O) groups is 1. The fraction of sp³-hybridized carbons (Fsp3) is 0.500. The number of pyridine rings is 1. The predicted octanol–water partition coefficient (Wildman–Crippen LogP) is 3.52. The van der Waals surface area contributed by atoms with E-state index in [2.05, 4.69) is 21.8 Å². The Morgan fingerprint density at radius 2 is 2.10 bits per heavy atom. The third kappa shape index (κ3) is 2.37. The smallest absolute Gasteiger partial charge is 0.407 e. The highest BCUT2D eigenvalue weighted by atomic mass is 16.4. The molecule has 0 atom stereocenters. The van der Waals surface area contributed by atoms with Crippen molar-refractivity contribution in [2.24, 2.45) is 0 Å². The lowest BCUT2D eigenvalue weighted by molar-refractivity contribution is 0.0226. The average molecular weight is 287 g/mol. The molecular weight excluding hydrogens is 266 g/mol. The maximum Gasteiger partial charge on any atom is 0.407 e. The van der Waals surface area contributed by atoms with Crippen molar-refractivity contribution in [2.45, 2.75) is 51.2 Å². The molecule has 1 amide bonds. The molecule has 1 N–H and O–H groups in total. The summed E-state index contributed by atoms with van der Waals surface area (Å²) in [6.07, 6.45) is 4.73. The van der Waals surface area contributed by atoms with Crippen LogP contribution in [0.2, 0.25) is 0 Å². The molecule has 3 rings (SSSR count). The SMILES string of the molecule is CC(C)(C)N(C(=O)O)C1CC(n2ccc3cccnc32)C1. The summed E-state index contributed by atoms with van der Waals surface area (Å²) >= 11 is 0. The first-order valence-corrected chi connectivity index (χ1v) is 7.32. The molecule has 0 aromatic carbocycles. The molecule has 5 nitrogen and oxygen atoms in total. The molecule has 0 radical (unpaired) electrons. The van der Waals surface area contributed by atoms with Crippen molar-refractivity contribution in [1.29, 1.82) is 0 Å². The van der Waals surface area contributed by atoms with E-state index < -0.39 is 6.09 Å². The summed E-state index contributed by atoms with van der Waals surface area (Å²) in [5.41, 5.74) is 0.622. The van der Waals surface area contributed by atoms with Gasteiger partial charge in [0, 0.05) is 35.4 Å². The third-order valence-corrected chi connectivity index (χ3v) is 4.25. The molecule has 0 aliphatic heterocycles. The standard InChI is InChI=1S/C16H21N3O2/c1-16(2,3)19(15(20)21)13-9-12(10-13)18-8-6-11-5-4-7-17-14(11)18/h4-8,12-13H,9-10H2,1-3H3,(H,20,21). The summed E-state index contributed by atoms with van der Waals surface area (Å²) in [7, 11) is 0. The molecule has 1 aliphatic rings. The van der Waals surface area contributed by atoms with Crippen LogP contribution < -0.4 is 0 Å². The summed E-state index contributed by atoms with van der Waals surface area (Å²) < 4.78 is 2.18. The summed E-state index contributed by atoms with van der Waals surface area (Å²) in [4.78, 5) is 17.5. The van der Waals surface area contributed by atoms with Gasteiger partial charge < -0.3 is 14.6 Å². The van der Waals surface area contributed by atoms with E-state index >= 15 is 0 Å². The largest absolute Gasteiger partial charge is 0.465 e. The number of hydrogen-bond acceptors (Lipinski definition) is 2. The van der Waals surface area contributed by atoms with Crippen molar-refractivity contribution in [2.75, 3.05) is 0 Å². The highest BCUT2D eigenvalue weighted by molar-refractivity contribution is 5.76. The molecule has 0 saturated heterocycles. The van der Waals surface area contributed by atoms with Crippen molar-refractivity contribution < 1.29 is 9.90 Å². The van der Waals surface area contributed by atoms with E-state index in [0.717, 1.165) is 23.9 Å². The maximum absolute atomic E-state index is 11.5. The lowest BCUT2D eigenvalue weighted by Gasteiger charge is -2.47. The molecule has 1 saturated carbocycles. The summed E-state index contributed by atoms with van der Waals surface area (Å²) in [5.74, 6) is 0. The molecule has 2 aromatic rings. The van der Waals surface area contributed by atoms with Gasteiger partial charge in [-0.3, -0.25) is 0 Å². The lowest BCUT2D eigenvalue weighted by atomic mass is 9.83. The Hall–Kier alpha value is -2.04. The third-order valence-electron chi connectivity index (χ3n) is 4.25. The second-order valence-electron chi connectivity index (χ2n) is 6.74. The minimum atomic E-state index is -0.832. The van der Waals surface area contributed by atoms with Gasteiger partial charge in [-0.1, -0.05) is 0 Å². The van der Waals surface area contributed by atoms with Gasteiger partial charge in [-0.15, -0.1) is 0 Å². The van der Waals surface area contributed by atoms with Gasteiger partial charge in [-0.05, 0) is 51.8 Å². The first kappa shape index (κ1) is 13.9. The van der Waals surface area contributed by atoms with Crippen LogP contribution in [0.1, 0.15) is 39.7 Å². The zero-order chi connectivity index (χ0) is 15.2. The minimum Gasteiger partial charge on any atom is -0.465 e. The molecule has 2 aromatic heterocycles. The monoisotopic (exact) mass is 287 g/mol. The van der Waals surface area contributed by atoms with E-state index in [1.165, 1.54) is 0 Å².